The zero-order chi connectivity index (χ0) is 14.1. The summed E-state index contributed by atoms with van der Waals surface area (Å²) in [6.07, 6.45) is 1.29. The number of nitrogens with one attached hydrogen (secondary N) is 2. The summed E-state index contributed by atoms with van der Waals surface area (Å²) in [4.78, 5) is 12.5. The van der Waals surface area contributed by atoms with Crippen LogP contribution in [0.5, 0.6) is 0 Å². The summed E-state index contributed by atoms with van der Waals surface area (Å²) in [5.41, 5.74) is 0.787. The molecule has 2 amide bonds. The second kappa shape index (κ2) is 8.79. The summed E-state index contributed by atoms with van der Waals surface area (Å²) >= 11 is 1.65. The summed E-state index contributed by atoms with van der Waals surface area (Å²) in [5, 5.41) is 15.2. The Kier molecular flexibility index (Phi) is 7.32. The van der Waals surface area contributed by atoms with Crippen molar-refractivity contribution in [2.75, 3.05) is 33.1 Å². The van der Waals surface area contributed by atoms with E-state index in [0.29, 0.717) is 13.2 Å². The highest BCUT2D eigenvalue weighted by molar-refractivity contribution is 7.98. The number of carbonyl (C=O) groups excluding carboxylic acids is 1. The number of amides is 2. The highest BCUT2D eigenvalue weighted by Crippen LogP contribution is 2.18. The first-order valence-corrected chi connectivity index (χ1v) is 7.22. The van der Waals surface area contributed by atoms with E-state index in [9.17, 15) is 9.90 Å². The van der Waals surface area contributed by atoms with Crippen molar-refractivity contribution in [2.45, 2.75) is 11.0 Å². The summed E-state index contributed by atoms with van der Waals surface area (Å²) < 4.78 is 4.82. The molecular formula is C13H20N2O3S. The average molecular weight is 284 g/mol. The predicted molar refractivity (Wildman–Crippen MR) is 76.5 cm³/mol. The molecule has 0 unspecified atom stereocenters. The quantitative estimate of drug-likeness (QED) is 0.523. The molecule has 0 aromatic heterocycles. The summed E-state index contributed by atoms with van der Waals surface area (Å²) in [5.74, 6) is 0. The first kappa shape index (κ1) is 15.8. The maximum Gasteiger partial charge on any atom is 0.314 e. The number of hydrogen-bond acceptors (Lipinski definition) is 4. The predicted octanol–water partition coefficient (Wildman–Crippen LogP) is 1.39. The summed E-state index contributed by atoms with van der Waals surface area (Å²) in [6, 6.07) is 7.31. The van der Waals surface area contributed by atoms with Crippen molar-refractivity contribution >= 4 is 17.8 Å². The van der Waals surface area contributed by atoms with Crippen LogP contribution in [0.15, 0.2) is 29.2 Å². The highest BCUT2D eigenvalue weighted by atomic mass is 32.2. The van der Waals surface area contributed by atoms with Gasteiger partial charge in [-0.25, -0.2) is 4.79 Å². The number of benzene rings is 1. The number of aliphatic hydroxyl groups is 1. The number of ether oxygens (including phenoxy) is 1. The molecule has 3 N–H and O–H groups in total. The van der Waals surface area contributed by atoms with E-state index in [2.05, 4.69) is 10.6 Å². The van der Waals surface area contributed by atoms with Crippen LogP contribution in [0.1, 0.15) is 11.7 Å². The maximum absolute atomic E-state index is 11.4. The van der Waals surface area contributed by atoms with Crippen molar-refractivity contribution in [3.05, 3.63) is 29.8 Å². The van der Waals surface area contributed by atoms with Crippen LogP contribution in [0.2, 0.25) is 0 Å². The molecule has 0 saturated carbocycles. The molecule has 5 nitrogen and oxygen atoms in total. The summed E-state index contributed by atoms with van der Waals surface area (Å²) in [6.45, 7) is 1.09. The molecule has 106 valence electrons. The van der Waals surface area contributed by atoms with Crippen LogP contribution in [-0.4, -0.2) is 44.2 Å². The lowest BCUT2D eigenvalue weighted by Crippen LogP contribution is -2.39. The van der Waals surface area contributed by atoms with Gasteiger partial charge in [0.2, 0.25) is 0 Å². The lowest BCUT2D eigenvalue weighted by atomic mass is 10.1. The first-order chi connectivity index (χ1) is 9.17. The van der Waals surface area contributed by atoms with Gasteiger partial charge in [-0.2, -0.15) is 0 Å². The Balaban J connectivity index is 2.33. The Labute approximate surface area is 117 Å². The molecule has 1 aromatic rings. The topological polar surface area (TPSA) is 70.6 Å². The van der Waals surface area contributed by atoms with Gasteiger partial charge in [0, 0.05) is 25.1 Å². The molecule has 19 heavy (non-hydrogen) atoms. The van der Waals surface area contributed by atoms with Gasteiger partial charge in [-0.15, -0.1) is 11.8 Å². The largest absolute Gasteiger partial charge is 0.387 e. The van der Waals surface area contributed by atoms with E-state index in [-0.39, 0.29) is 12.6 Å². The third-order valence-corrected chi connectivity index (χ3v) is 3.29. The third kappa shape index (κ3) is 5.96. The number of carbonyl (C=O) groups is 1. The van der Waals surface area contributed by atoms with Gasteiger partial charge in [-0.05, 0) is 24.0 Å². The smallest absolute Gasteiger partial charge is 0.314 e. The van der Waals surface area contributed by atoms with Crippen LogP contribution < -0.4 is 10.6 Å². The maximum atomic E-state index is 11.4. The normalized spacial score (nSPS) is 11.9. The monoisotopic (exact) mass is 284 g/mol. The fraction of sp³-hybridized carbons (Fsp3) is 0.462. The molecule has 0 saturated heterocycles. The van der Waals surface area contributed by atoms with E-state index in [0.717, 1.165) is 10.5 Å². The van der Waals surface area contributed by atoms with E-state index in [4.69, 9.17) is 4.74 Å². The lowest BCUT2D eigenvalue weighted by molar-refractivity contribution is 0.170. The minimum absolute atomic E-state index is 0.178. The van der Waals surface area contributed by atoms with Gasteiger partial charge in [0.1, 0.15) is 0 Å². The van der Waals surface area contributed by atoms with Gasteiger partial charge in [0.05, 0.1) is 12.7 Å². The second-order valence-electron chi connectivity index (χ2n) is 3.92. The van der Waals surface area contributed by atoms with Gasteiger partial charge < -0.3 is 20.5 Å². The minimum Gasteiger partial charge on any atom is -0.387 e. The fourth-order valence-electron chi connectivity index (χ4n) is 1.46. The molecule has 0 heterocycles. The molecule has 6 heteroatoms. The van der Waals surface area contributed by atoms with Crippen LogP contribution >= 0.6 is 11.8 Å². The van der Waals surface area contributed by atoms with E-state index >= 15 is 0 Å². The lowest BCUT2D eigenvalue weighted by Gasteiger charge is -2.13. The molecule has 1 aromatic carbocycles. The van der Waals surface area contributed by atoms with Gasteiger partial charge in [0.25, 0.3) is 0 Å². The Morgan fingerprint density at radius 2 is 2.05 bits per heavy atom. The summed E-state index contributed by atoms with van der Waals surface area (Å²) in [7, 11) is 1.57. The van der Waals surface area contributed by atoms with E-state index < -0.39 is 6.10 Å². The van der Waals surface area contributed by atoms with Crippen molar-refractivity contribution < 1.29 is 14.6 Å². The zero-order valence-corrected chi connectivity index (χ0v) is 12.0. The standard InChI is InChI=1S/C13H20N2O3S/c1-18-8-7-14-13(17)15-9-12(16)10-3-5-11(19-2)6-4-10/h3-6,12,16H,7-9H2,1-2H3,(H2,14,15,17)/t12-/m0/s1. The third-order valence-electron chi connectivity index (χ3n) is 2.55. The molecule has 0 aliphatic carbocycles. The van der Waals surface area contributed by atoms with Crippen LogP contribution in [0, 0.1) is 0 Å². The number of methoxy groups -OCH3 is 1. The Hall–Kier alpha value is -1.24. The first-order valence-electron chi connectivity index (χ1n) is 6.00. The van der Waals surface area contributed by atoms with Crippen molar-refractivity contribution in [1.82, 2.24) is 10.6 Å². The van der Waals surface area contributed by atoms with E-state index in [1.165, 1.54) is 0 Å². The number of rotatable bonds is 7. The average Bonchev–Trinajstić information content (AvgIpc) is 2.45. The minimum atomic E-state index is -0.705. The van der Waals surface area contributed by atoms with Crippen LogP contribution in [0.3, 0.4) is 0 Å². The van der Waals surface area contributed by atoms with E-state index in [1.807, 2.05) is 30.5 Å². The SMILES string of the molecule is COCCNC(=O)NC[C@H](O)c1ccc(SC)cc1. The number of hydrogen-bond donors (Lipinski definition) is 3. The van der Waals surface area contributed by atoms with E-state index in [1.54, 1.807) is 18.9 Å². The van der Waals surface area contributed by atoms with Crippen LogP contribution in [0.25, 0.3) is 0 Å². The molecular weight excluding hydrogens is 264 g/mol. The number of thioether (sulfide) groups is 1. The van der Waals surface area contributed by atoms with Gasteiger partial charge in [-0.3, -0.25) is 0 Å². The van der Waals surface area contributed by atoms with Crippen molar-refractivity contribution in [2.24, 2.45) is 0 Å². The Bertz CT molecular complexity index is 384. The molecule has 0 radical (unpaired) electrons. The van der Waals surface area contributed by atoms with Crippen molar-refractivity contribution in [3.63, 3.8) is 0 Å². The second-order valence-corrected chi connectivity index (χ2v) is 4.80. The molecule has 0 spiro atoms. The number of aliphatic hydroxyl groups excluding tert-OH is 1. The molecule has 0 bridgehead atoms. The molecule has 0 fully saturated rings. The van der Waals surface area contributed by atoms with Gasteiger partial charge in [-0.1, -0.05) is 12.1 Å². The van der Waals surface area contributed by atoms with Crippen LogP contribution in [-0.2, 0) is 4.74 Å². The highest BCUT2D eigenvalue weighted by Gasteiger charge is 2.09. The Morgan fingerprint density at radius 1 is 1.37 bits per heavy atom. The number of urea groups is 1. The van der Waals surface area contributed by atoms with Gasteiger partial charge in [0.15, 0.2) is 0 Å². The van der Waals surface area contributed by atoms with Crippen molar-refractivity contribution in [3.8, 4) is 0 Å². The zero-order valence-electron chi connectivity index (χ0n) is 11.2. The Morgan fingerprint density at radius 3 is 2.63 bits per heavy atom. The molecule has 0 aliphatic rings. The van der Waals surface area contributed by atoms with Crippen molar-refractivity contribution in [1.29, 1.82) is 0 Å². The van der Waals surface area contributed by atoms with Crippen LogP contribution in [0.4, 0.5) is 4.79 Å². The molecule has 0 aliphatic heterocycles. The molecule has 1 rings (SSSR count). The fourth-order valence-corrected chi connectivity index (χ4v) is 1.87. The van der Waals surface area contributed by atoms with Gasteiger partial charge >= 0.3 is 6.03 Å². The molecule has 1 atom stereocenters.